The summed E-state index contributed by atoms with van der Waals surface area (Å²) in [4.78, 5) is 2.38. The molecule has 0 aromatic carbocycles. The maximum Gasteiger partial charge on any atom is 0.0996 e. The molecule has 0 amide bonds. The summed E-state index contributed by atoms with van der Waals surface area (Å²) in [7, 11) is 0. The smallest absolute Gasteiger partial charge is 0.0996 e. The molecule has 2 aliphatic heterocycles. The molecule has 0 radical (unpaired) electrons. The first kappa shape index (κ1) is 7.53. The Bertz CT molecular complexity index is 137. The highest BCUT2D eigenvalue weighted by Gasteiger charge is 2.37. The predicted octanol–water partition coefficient (Wildman–Crippen LogP) is 0.455. The molecule has 0 aromatic heterocycles. The van der Waals surface area contributed by atoms with Gasteiger partial charge in [0.1, 0.15) is 0 Å². The second-order valence-corrected chi connectivity index (χ2v) is 3.60. The Morgan fingerprint density at radius 1 is 1.27 bits per heavy atom. The molecule has 3 nitrogen and oxygen atoms in total. The quantitative estimate of drug-likeness (QED) is 0.510. The molecule has 0 saturated carbocycles. The fraction of sp³-hybridized carbons (Fsp3) is 1.00. The van der Waals surface area contributed by atoms with Crippen molar-refractivity contribution >= 4 is 0 Å². The van der Waals surface area contributed by atoms with Gasteiger partial charge in [-0.2, -0.15) is 0 Å². The minimum atomic E-state index is 0.260. The van der Waals surface area contributed by atoms with Crippen molar-refractivity contribution in [2.75, 3.05) is 33.1 Å². The first-order chi connectivity index (χ1) is 5.31. The van der Waals surface area contributed by atoms with Gasteiger partial charge in [-0.15, -0.1) is 0 Å². The van der Waals surface area contributed by atoms with Crippen LogP contribution in [0.4, 0.5) is 0 Å². The molecule has 64 valence electrons. The van der Waals surface area contributed by atoms with Crippen molar-refractivity contribution in [2.24, 2.45) is 0 Å². The number of fused-ring (bicyclic) bond motifs is 1. The number of hydrogen-bond donors (Lipinski definition) is 0. The summed E-state index contributed by atoms with van der Waals surface area (Å²) in [5.41, 5.74) is 0.260. The summed E-state index contributed by atoms with van der Waals surface area (Å²) >= 11 is 0. The normalized spacial score (nSPS) is 40.1. The van der Waals surface area contributed by atoms with Crippen LogP contribution in [-0.4, -0.2) is 43.5 Å². The molecule has 2 aliphatic rings. The van der Waals surface area contributed by atoms with Gasteiger partial charge < -0.3 is 9.47 Å². The molecule has 2 saturated heterocycles. The van der Waals surface area contributed by atoms with Gasteiger partial charge in [0.15, 0.2) is 0 Å². The molecule has 0 N–H and O–H groups in total. The lowest BCUT2D eigenvalue weighted by Gasteiger charge is -2.47. The summed E-state index contributed by atoms with van der Waals surface area (Å²) in [6.45, 7) is 6.69. The third-order valence-electron chi connectivity index (χ3n) is 2.71. The molecule has 0 spiro atoms. The molecule has 11 heavy (non-hydrogen) atoms. The minimum Gasteiger partial charge on any atom is -0.378 e. The highest BCUT2D eigenvalue weighted by atomic mass is 16.5. The topological polar surface area (TPSA) is 21.7 Å². The molecule has 0 bridgehead atoms. The van der Waals surface area contributed by atoms with E-state index in [4.69, 9.17) is 9.47 Å². The van der Waals surface area contributed by atoms with Crippen LogP contribution in [0.2, 0.25) is 0 Å². The average Bonchev–Trinajstić information content (AvgIpc) is 2.03. The fourth-order valence-corrected chi connectivity index (χ4v) is 1.75. The zero-order chi connectivity index (χ0) is 7.73. The van der Waals surface area contributed by atoms with E-state index in [0.717, 1.165) is 39.5 Å². The molecule has 0 aromatic rings. The number of nitrogens with zero attached hydrogens (tertiary/aromatic N) is 1. The molecule has 2 heterocycles. The highest BCUT2D eigenvalue weighted by molar-refractivity contribution is 4.89. The van der Waals surface area contributed by atoms with Crippen LogP contribution in [0.5, 0.6) is 0 Å². The van der Waals surface area contributed by atoms with E-state index in [9.17, 15) is 0 Å². The van der Waals surface area contributed by atoms with E-state index < -0.39 is 0 Å². The Balaban J connectivity index is 2.06. The second kappa shape index (κ2) is 2.73. The molecule has 2 rings (SSSR count). The van der Waals surface area contributed by atoms with Crippen LogP contribution in [0.1, 0.15) is 13.3 Å². The summed E-state index contributed by atoms with van der Waals surface area (Å²) in [5.74, 6) is 0. The van der Waals surface area contributed by atoms with Gasteiger partial charge in [0, 0.05) is 12.1 Å². The first-order valence-electron chi connectivity index (χ1n) is 4.22. The third kappa shape index (κ3) is 1.28. The van der Waals surface area contributed by atoms with Crippen LogP contribution < -0.4 is 0 Å². The van der Waals surface area contributed by atoms with Gasteiger partial charge in [-0.3, -0.25) is 4.90 Å². The number of rotatable bonds is 0. The standard InChI is InChI=1S/C8H15NO2/c1-8-2-4-11-7-9(8)3-5-10-6-8/h2-7H2,1H3. The second-order valence-electron chi connectivity index (χ2n) is 3.60. The number of hydrogen-bond acceptors (Lipinski definition) is 3. The zero-order valence-corrected chi connectivity index (χ0v) is 7.01. The van der Waals surface area contributed by atoms with Gasteiger partial charge in [0.25, 0.3) is 0 Å². The van der Waals surface area contributed by atoms with E-state index in [-0.39, 0.29) is 5.54 Å². The van der Waals surface area contributed by atoms with Gasteiger partial charge in [0.05, 0.1) is 26.6 Å². The van der Waals surface area contributed by atoms with Crippen molar-refractivity contribution in [1.29, 1.82) is 0 Å². The van der Waals surface area contributed by atoms with E-state index in [1.807, 2.05) is 0 Å². The Morgan fingerprint density at radius 2 is 2.18 bits per heavy atom. The van der Waals surface area contributed by atoms with Gasteiger partial charge >= 0.3 is 0 Å². The lowest BCUT2D eigenvalue weighted by atomic mass is 9.95. The number of morpholine rings is 1. The van der Waals surface area contributed by atoms with Gasteiger partial charge in [-0.1, -0.05) is 0 Å². The Hall–Kier alpha value is -0.120. The van der Waals surface area contributed by atoms with Crippen molar-refractivity contribution in [3.05, 3.63) is 0 Å². The molecule has 0 aliphatic carbocycles. The summed E-state index contributed by atoms with van der Waals surface area (Å²) in [6.07, 6.45) is 1.10. The van der Waals surface area contributed by atoms with E-state index >= 15 is 0 Å². The third-order valence-corrected chi connectivity index (χ3v) is 2.71. The summed E-state index contributed by atoms with van der Waals surface area (Å²) in [5, 5.41) is 0. The molecular formula is C8H15NO2. The van der Waals surface area contributed by atoms with Crippen molar-refractivity contribution in [3.8, 4) is 0 Å². The van der Waals surface area contributed by atoms with Gasteiger partial charge in [-0.05, 0) is 13.3 Å². The van der Waals surface area contributed by atoms with E-state index in [1.165, 1.54) is 0 Å². The zero-order valence-electron chi connectivity index (χ0n) is 7.01. The first-order valence-corrected chi connectivity index (χ1v) is 4.22. The van der Waals surface area contributed by atoms with Crippen molar-refractivity contribution in [3.63, 3.8) is 0 Å². The van der Waals surface area contributed by atoms with Crippen LogP contribution in [0.3, 0.4) is 0 Å². The van der Waals surface area contributed by atoms with Crippen molar-refractivity contribution in [2.45, 2.75) is 18.9 Å². The lowest BCUT2D eigenvalue weighted by Crippen LogP contribution is -2.58. The van der Waals surface area contributed by atoms with Crippen LogP contribution in [0.25, 0.3) is 0 Å². The Labute approximate surface area is 67.3 Å². The Kier molecular flexibility index (Phi) is 1.87. The maximum atomic E-state index is 5.44. The minimum absolute atomic E-state index is 0.260. The van der Waals surface area contributed by atoms with Crippen LogP contribution in [0.15, 0.2) is 0 Å². The Morgan fingerprint density at radius 3 is 3.00 bits per heavy atom. The monoisotopic (exact) mass is 157 g/mol. The fourth-order valence-electron chi connectivity index (χ4n) is 1.75. The summed E-state index contributed by atoms with van der Waals surface area (Å²) in [6, 6.07) is 0. The van der Waals surface area contributed by atoms with Crippen LogP contribution >= 0.6 is 0 Å². The SMILES string of the molecule is CC12CCOCN1CCOC2. The van der Waals surface area contributed by atoms with E-state index in [1.54, 1.807) is 0 Å². The van der Waals surface area contributed by atoms with Crippen molar-refractivity contribution in [1.82, 2.24) is 4.90 Å². The van der Waals surface area contributed by atoms with E-state index in [2.05, 4.69) is 11.8 Å². The predicted molar refractivity (Wildman–Crippen MR) is 41.4 cm³/mol. The molecule has 1 atom stereocenters. The van der Waals surface area contributed by atoms with Crippen molar-refractivity contribution < 1.29 is 9.47 Å². The maximum absolute atomic E-state index is 5.44. The van der Waals surface area contributed by atoms with Crippen LogP contribution in [0, 0.1) is 0 Å². The number of ether oxygens (including phenoxy) is 2. The molecule has 1 unspecified atom stereocenters. The van der Waals surface area contributed by atoms with Crippen LogP contribution in [-0.2, 0) is 9.47 Å². The lowest BCUT2D eigenvalue weighted by molar-refractivity contribution is -0.152. The summed E-state index contributed by atoms with van der Waals surface area (Å²) < 4.78 is 10.8. The molecule has 2 fully saturated rings. The molecular weight excluding hydrogens is 142 g/mol. The highest BCUT2D eigenvalue weighted by Crippen LogP contribution is 2.26. The van der Waals surface area contributed by atoms with E-state index in [0.29, 0.717) is 0 Å². The average molecular weight is 157 g/mol. The largest absolute Gasteiger partial charge is 0.378 e. The van der Waals surface area contributed by atoms with Gasteiger partial charge in [0.2, 0.25) is 0 Å². The van der Waals surface area contributed by atoms with Gasteiger partial charge in [-0.25, -0.2) is 0 Å². The molecule has 3 heteroatoms.